The van der Waals surface area contributed by atoms with Crippen LogP contribution in [0.15, 0.2) is 0 Å². The summed E-state index contributed by atoms with van der Waals surface area (Å²) in [4.78, 5) is 0. The van der Waals surface area contributed by atoms with Crippen molar-refractivity contribution in [2.24, 2.45) is 11.3 Å². The number of rotatable bonds is 6. The monoisotopic (exact) mass is 190 g/mol. The molecule has 0 aliphatic rings. The lowest BCUT2D eigenvalue weighted by Crippen LogP contribution is -2.21. The molecule has 0 aliphatic carbocycles. The van der Waals surface area contributed by atoms with Crippen molar-refractivity contribution in [2.45, 2.75) is 53.4 Å². The first kappa shape index (κ1) is 12.3. The SMILES string of the molecule is CCC(CC)(CCl)CCC(C)C. The van der Waals surface area contributed by atoms with Gasteiger partial charge in [-0.2, -0.15) is 0 Å². The summed E-state index contributed by atoms with van der Waals surface area (Å²) in [6, 6.07) is 0. The molecule has 74 valence electrons. The Morgan fingerprint density at radius 2 is 1.67 bits per heavy atom. The molecule has 1 heteroatoms. The summed E-state index contributed by atoms with van der Waals surface area (Å²) in [7, 11) is 0. The Hall–Kier alpha value is 0.290. The van der Waals surface area contributed by atoms with E-state index in [2.05, 4.69) is 27.7 Å². The van der Waals surface area contributed by atoms with Crippen LogP contribution in [0.4, 0.5) is 0 Å². The van der Waals surface area contributed by atoms with E-state index in [4.69, 9.17) is 11.6 Å². The zero-order valence-electron chi connectivity index (χ0n) is 8.99. The normalized spacial score (nSPS) is 12.5. The van der Waals surface area contributed by atoms with E-state index >= 15 is 0 Å². The lowest BCUT2D eigenvalue weighted by atomic mass is 9.79. The van der Waals surface area contributed by atoms with Gasteiger partial charge in [-0.3, -0.25) is 0 Å². The van der Waals surface area contributed by atoms with E-state index in [1.807, 2.05) is 0 Å². The minimum atomic E-state index is 0.422. The van der Waals surface area contributed by atoms with Crippen LogP contribution in [0, 0.1) is 11.3 Å². The molecule has 0 aromatic heterocycles. The highest BCUT2D eigenvalue weighted by atomic mass is 35.5. The molecule has 0 radical (unpaired) electrons. The maximum Gasteiger partial charge on any atom is 0.0279 e. The first-order valence-electron chi connectivity index (χ1n) is 5.16. The molecule has 12 heavy (non-hydrogen) atoms. The molecule has 0 N–H and O–H groups in total. The fourth-order valence-corrected chi connectivity index (χ4v) is 1.97. The van der Waals surface area contributed by atoms with E-state index in [-0.39, 0.29) is 0 Å². The van der Waals surface area contributed by atoms with Gasteiger partial charge in [0.2, 0.25) is 0 Å². The molecule has 0 aliphatic heterocycles. The second-order valence-electron chi connectivity index (χ2n) is 4.27. The van der Waals surface area contributed by atoms with Gasteiger partial charge in [0.25, 0.3) is 0 Å². The highest BCUT2D eigenvalue weighted by Crippen LogP contribution is 2.34. The Morgan fingerprint density at radius 3 is 1.92 bits per heavy atom. The number of hydrogen-bond acceptors (Lipinski definition) is 0. The van der Waals surface area contributed by atoms with Crippen molar-refractivity contribution in [2.75, 3.05) is 5.88 Å². The third-order valence-corrected chi connectivity index (χ3v) is 3.60. The van der Waals surface area contributed by atoms with Gasteiger partial charge in [-0.05, 0) is 30.6 Å². The smallest absolute Gasteiger partial charge is 0.0279 e. The summed E-state index contributed by atoms with van der Waals surface area (Å²) in [5.41, 5.74) is 0.422. The molecular weight excluding hydrogens is 168 g/mol. The van der Waals surface area contributed by atoms with Gasteiger partial charge in [-0.1, -0.05) is 34.1 Å². The van der Waals surface area contributed by atoms with Crippen molar-refractivity contribution in [3.8, 4) is 0 Å². The number of hydrogen-bond donors (Lipinski definition) is 0. The molecule has 0 heterocycles. The van der Waals surface area contributed by atoms with Crippen LogP contribution in [0.3, 0.4) is 0 Å². The van der Waals surface area contributed by atoms with E-state index in [1.165, 1.54) is 25.7 Å². The van der Waals surface area contributed by atoms with Crippen LogP contribution < -0.4 is 0 Å². The first-order chi connectivity index (χ1) is 5.60. The summed E-state index contributed by atoms with van der Waals surface area (Å²) in [5, 5.41) is 0. The predicted molar refractivity (Wildman–Crippen MR) is 57.8 cm³/mol. The molecule has 0 rings (SSSR count). The van der Waals surface area contributed by atoms with E-state index in [0.29, 0.717) is 5.41 Å². The van der Waals surface area contributed by atoms with Gasteiger partial charge >= 0.3 is 0 Å². The molecule has 0 aromatic carbocycles. The highest BCUT2D eigenvalue weighted by molar-refractivity contribution is 6.18. The molecular formula is C11H23Cl. The molecule has 0 saturated heterocycles. The van der Waals surface area contributed by atoms with Crippen LogP contribution in [0.2, 0.25) is 0 Å². The Bertz CT molecular complexity index is 95.3. The Kier molecular flexibility index (Phi) is 6.00. The Morgan fingerprint density at radius 1 is 1.17 bits per heavy atom. The van der Waals surface area contributed by atoms with Gasteiger partial charge in [-0.25, -0.2) is 0 Å². The molecule has 0 fully saturated rings. The molecule has 0 atom stereocenters. The van der Waals surface area contributed by atoms with Crippen molar-refractivity contribution >= 4 is 11.6 Å². The minimum absolute atomic E-state index is 0.422. The first-order valence-corrected chi connectivity index (χ1v) is 5.69. The van der Waals surface area contributed by atoms with Gasteiger partial charge in [0.15, 0.2) is 0 Å². The van der Waals surface area contributed by atoms with Gasteiger partial charge in [0, 0.05) is 5.88 Å². The van der Waals surface area contributed by atoms with Crippen LogP contribution in [0.25, 0.3) is 0 Å². The number of alkyl halides is 1. The molecule has 0 saturated carbocycles. The quantitative estimate of drug-likeness (QED) is 0.543. The third-order valence-electron chi connectivity index (χ3n) is 3.04. The maximum absolute atomic E-state index is 6.01. The topological polar surface area (TPSA) is 0 Å². The van der Waals surface area contributed by atoms with Crippen LogP contribution >= 0.6 is 11.6 Å². The molecule has 0 unspecified atom stereocenters. The molecule has 0 bridgehead atoms. The van der Waals surface area contributed by atoms with Crippen molar-refractivity contribution in [1.29, 1.82) is 0 Å². The van der Waals surface area contributed by atoms with Crippen molar-refractivity contribution in [3.05, 3.63) is 0 Å². The summed E-state index contributed by atoms with van der Waals surface area (Å²) in [5.74, 6) is 1.64. The maximum atomic E-state index is 6.01. The van der Waals surface area contributed by atoms with Crippen LogP contribution in [0.5, 0.6) is 0 Å². The van der Waals surface area contributed by atoms with Gasteiger partial charge in [0.05, 0.1) is 0 Å². The fraction of sp³-hybridized carbons (Fsp3) is 1.00. The van der Waals surface area contributed by atoms with E-state index in [0.717, 1.165) is 11.8 Å². The minimum Gasteiger partial charge on any atom is -0.126 e. The molecule has 0 spiro atoms. The van der Waals surface area contributed by atoms with Gasteiger partial charge in [-0.15, -0.1) is 11.6 Å². The summed E-state index contributed by atoms with van der Waals surface area (Å²) in [6.07, 6.45) is 5.05. The van der Waals surface area contributed by atoms with Crippen molar-refractivity contribution in [1.82, 2.24) is 0 Å². The average Bonchev–Trinajstić information content (AvgIpc) is 2.08. The molecule has 0 nitrogen and oxygen atoms in total. The Balaban J connectivity index is 3.93. The van der Waals surface area contributed by atoms with Crippen molar-refractivity contribution in [3.63, 3.8) is 0 Å². The standard InChI is InChI=1S/C11H23Cl/c1-5-11(6-2,9-12)8-7-10(3)4/h10H,5-9H2,1-4H3. The van der Waals surface area contributed by atoms with Crippen LogP contribution in [-0.2, 0) is 0 Å². The zero-order chi connectivity index (χ0) is 9.61. The summed E-state index contributed by atoms with van der Waals surface area (Å²) < 4.78 is 0. The Labute approximate surface area is 82.7 Å². The largest absolute Gasteiger partial charge is 0.126 e. The molecule has 0 aromatic rings. The lowest BCUT2D eigenvalue weighted by Gasteiger charge is -2.29. The van der Waals surface area contributed by atoms with Gasteiger partial charge in [0.1, 0.15) is 0 Å². The second-order valence-corrected chi connectivity index (χ2v) is 4.54. The highest BCUT2D eigenvalue weighted by Gasteiger charge is 2.24. The zero-order valence-corrected chi connectivity index (χ0v) is 9.75. The van der Waals surface area contributed by atoms with Gasteiger partial charge < -0.3 is 0 Å². The second kappa shape index (κ2) is 5.85. The summed E-state index contributed by atoms with van der Waals surface area (Å²) in [6.45, 7) is 9.08. The van der Waals surface area contributed by atoms with E-state index in [1.54, 1.807) is 0 Å². The van der Waals surface area contributed by atoms with E-state index in [9.17, 15) is 0 Å². The number of halogens is 1. The average molecular weight is 191 g/mol. The molecule has 0 amide bonds. The summed E-state index contributed by atoms with van der Waals surface area (Å²) >= 11 is 6.01. The van der Waals surface area contributed by atoms with Crippen LogP contribution in [0.1, 0.15) is 53.4 Å². The fourth-order valence-electron chi connectivity index (χ4n) is 1.45. The lowest BCUT2D eigenvalue weighted by molar-refractivity contribution is 0.256. The van der Waals surface area contributed by atoms with E-state index < -0.39 is 0 Å². The van der Waals surface area contributed by atoms with Crippen LogP contribution in [-0.4, -0.2) is 5.88 Å². The predicted octanol–water partition coefficient (Wildman–Crippen LogP) is 4.47. The van der Waals surface area contributed by atoms with Crippen molar-refractivity contribution < 1.29 is 0 Å². The third kappa shape index (κ3) is 3.80.